The molecule has 172 valence electrons. The second-order valence-corrected chi connectivity index (χ2v) is 10.6. The normalized spacial score (nSPS) is 30.2. The Bertz CT molecular complexity index is 906. The van der Waals surface area contributed by atoms with Gasteiger partial charge >= 0.3 is 0 Å². The molecule has 1 aliphatic carbocycles. The van der Waals surface area contributed by atoms with Gasteiger partial charge in [0.2, 0.25) is 5.90 Å². The van der Waals surface area contributed by atoms with Crippen LogP contribution >= 0.6 is 34.8 Å². The van der Waals surface area contributed by atoms with Gasteiger partial charge in [-0.25, -0.2) is 4.99 Å². The van der Waals surface area contributed by atoms with E-state index < -0.39 is 22.1 Å². The Morgan fingerprint density at radius 2 is 1.47 bits per heavy atom. The summed E-state index contributed by atoms with van der Waals surface area (Å²) in [5, 5.41) is 11.3. The van der Waals surface area contributed by atoms with Crippen LogP contribution in [0.2, 0.25) is 0 Å². The average Bonchev–Trinajstić information content (AvgIpc) is 2.80. The van der Waals surface area contributed by atoms with Crippen LogP contribution in [0.5, 0.6) is 0 Å². The fourth-order valence-corrected chi connectivity index (χ4v) is 4.72. The lowest BCUT2D eigenvalue weighted by Gasteiger charge is -2.48. The molecular weight excluding hydrogens is 473 g/mol. The maximum Gasteiger partial charge on any atom is 0.266 e. The first kappa shape index (κ1) is 23.8. The van der Waals surface area contributed by atoms with Crippen molar-refractivity contribution < 1.29 is 19.3 Å². The molecule has 2 aromatic carbocycles. The zero-order valence-corrected chi connectivity index (χ0v) is 19.9. The monoisotopic (exact) mass is 497 g/mol. The van der Waals surface area contributed by atoms with Crippen molar-refractivity contribution in [2.75, 3.05) is 6.61 Å². The van der Waals surface area contributed by atoms with Crippen LogP contribution in [-0.2, 0) is 27.4 Å². The Hall–Kier alpha value is -1.34. The van der Waals surface area contributed by atoms with Gasteiger partial charge in [0.15, 0.2) is 0 Å². The van der Waals surface area contributed by atoms with E-state index in [-0.39, 0.29) is 30.4 Å². The number of rotatable bonds is 6. The number of aliphatic imine (C=N–C) groups is 1. The zero-order chi connectivity index (χ0) is 22.7. The molecule has 5 nitrogen and oxygen atoms in total. The standard InChI is InChI=1S/C24H26Cl3NO4/c1-15-19-18(14-32-23(28-19)24(25,26)27)20(29)22(31-13-17-10-6-3-7-11-17)21(15)30-12-16-8-4-2-5-9-16/h2-11,15,18-22,29H,12-14H2,1H3. The van der Waals surface area contributed by atoms with Crippen molar-refractivity contribution >= 4 is 40.7 Å². The van der Waals surface area contributed by atoms with Crippen LogP contribution < -0.4 is 0 Å². The van der Waals surface area contributed by atoms with E-state index in [1.54, 1.807) is 0 Å². The van der Waals surface area contributed by atoms with Gasteiger partial charge in [-0.2, -0.15) is 0 Å². The van der Waals surface area contributed by atoms with Gasteiger partial charge in [0, 0.05) is 11.8 Å². The molecule has 2 aliphatic rings. The molecule has 0 amide bonds. The highest BCUT2D eigenvalue weighted by Gasteiger charge is 2.53. The van der Waals surface area contributed by atoms with Crippen molar-refractivity contribution in [3.05, 3.63) is 71.8 Å². The summed E-state index contributed by atoms with van der Waals surface area (Å²) >= 11 is 18.0. The molecule has 1 saturated carbocycles. The van der Waals surface area contributed by atoms with Gasteiger partial charge in [0.1, 0.15) is 6.10 Å². The molecule has 32 heavy (non-hydrogen) atoms. The Morgan fingerprint density at radius 3 is 2.00 bits per heavy atom. The first-order valence-corrected chi connectivity index (χ1v) is 11.7. The summed E-state index contributed by atoms with van der Waals surface area (Å²) in [6.07, 6.45) is -1.81. The third-order valence-corrected chi connectivity index (χ3v) is 6.57. The second-order valence-electron chi connectivity index (χ2n) is 8.27. The molecule has 0 bridgehead atoms. The number of fused-ring (bicyclic) bond motifs is 1. The minimum atomic E-state index is -1.75. The summed E-state index contributed by atoms with van der Waals surface area (Å²) in [5.41, 5.74) is 2.06. The maximum absolute atomic E-state index is 11.3. The fraction of sp³-hybridized carbons (Fsp3) is 0.458. The Balaban J connectivity index is 1.57. The van der Waals surface area contributed by atoms with Gasteiger partial charge in [0.25, 0.3) is 3.79 Å². The third-order valence-electron chi connectivity index (χ3n) is 6.09. The molecule has 0 spiro atoms. The van der Waals surface area contributed by atoms with Gasteiger partial charge < -0.3 is 19.3 Å². The van der Waals surface area contributed by atoms with E-state index >= 15 is 0 Å². The van der Waals surface area contributed by atoms with E-state index in [9.17, 15) is 5.11 Å². The fourth-order valence-electron chi connectivity index (χ4n) is 4.41. The highest BCUT2D eigenvalue weighted by molar-refractivity contribution is 6.76. The van der Waals surface area contributed by atoms with Crippen molar-refractivity contribution in [2.45, 2.75) is 48.3 Å². The van der Waals surface area contributed by atoms with Crippen molar-refractivity contribution in [1.29, 1.82) is 0 Å². The summed E-state index contributed by atoms with van der Waals surface area (Å²) in [5.74, 6) is -0.342. The smallest absolute Gasteiger partial charge is 0.266 e. The van der Waals surface area contributed by atoms with Crippen molar-refractivity contribution in [3.63, 3.8) is 0 Å². The van der Waals surface area contributed by atoms with E-state index in [1.165, 1.54) is 0 Å². The van der Waals surface area contributed by atoms with Crippen LogP contribution in [0, 0.1) is 11.8 Å². The number of aliphatic hydroxyl groups is 1. The number of hydrogen-bond acceptors (Lipinski definition) is 5. The Kier molecular flexibility index (Phi) is 7.65. The predicted octanol–water partition coefficient (Wildman–Crippen LogP) is 4.95. The lowest BCUT2D eigenvalue weighted by molar-refractivity contribution is -0.196. The molecule has 1 fully saturated rings. The Labute approximate surface area is 203 Å². The van der Waals surface area contributed by atoms with Crippen LogP contribution in [0.15, 0.2) is 65.7 Å². The number of alkyl halides is 3. The molecule has 8 heteroatoms. The highest BCUT2D eigenvalue weighted by atomic mass is 35.6. The van der Waals surface area contributed by atoms with Crippen molar-refractivity contribution in [1.82, 2.24) is 0 Å². The van der Waals surface area contributed by atoms with Crippen molar-refractivity contribution in [3.8, 4) is 0 Å². The predicted molar refractivity (Wildman–Crippen MR) is 126 cm³/mol. The van der Waals surface area contributed by atoms with Gasteiger partial charge in [-0.3, -0.25) is 0 Å². The van der Waals surface area contributed by atoms with Gasteiger partial charge in [0.05, 0.1) is 38.1 Å². The molecule has 1 aliphatic heterocycles. The topological polar surface area (TPSA) is 60.3 Å². The summed E-state index contributed by atoms with van der Waals surface area (Å²) in [7, 11) is 0. The van der Waals surface area contributed by atoms with Crippen LogP contribution in [0.4, 0.5) is 0 Å². The lowest BCUT2D eigenvalue weighted by atomic mass is 9.72. The third kappa shape index (κ3) is 5.41. The average molecular weight is 499 g/mol. The number of hydrogen-bond donors (Lipinski definition) is 1. The molecule has 6 atom stereocenters. The van der Waals surface area contributed by atoms with Gasteiger partial charge in [-0.05, 0) is 11.1 Å². The number of benzene rings is 2. The number of ether oxygens (including phenoxy) is 3. The number of halogens is 3. The summed E-state index contributed by atoms with van der Waals surface area (Å²) in [6.45, 7) is 2.98. The molecular formula is C24H26Cl3NO4. The quantitative estimate of drug-likeness (QED) is 0.573. The minimum Gasteiger partial charge on any atom is -0.477 e. The van der Waals surface area contributed by atoms with E-state index in [4.69, 9.17) is 49.0 Å². The van der Waals surface area contributed by atoms with E-state index in [0.29, 0.717) is 13.2 Å². The minimum absolute atomic E-state index is 0.0493. The first-order valence-electron chi connectivity index (χ1n) is 10.6. The number of nitrogens with zero attached hydrogens (tertiary/aromatic N) is 1. The lowest BCUT2D eigenvalue weighted by Crippen LogP contribution is -2.61. The first-order chi connectivity index (χ1) is 15.3. The molecule has 1 heterocycles. The number of aliphatic hydroxyl groups excluding tert-OH is 1. The van der Waals surface area contributed by atoms with Crippen LogP contribution in [0.25, 0.3) is 0 Å². The molecule has 0 aromatic heterocycles. The summed E-state index contributed by atoms with van der Waals surface area (Å²) in [6, 6.07) is 19.4. The maximum atomic E-state index is 11.3. The second kappa shape index (κ2) is 10.3. The summed E-state index contributed by atoms with van der Waals surface area (Å²) in [4.78, 5) is 4.57. The zero-order valence-electron chi connectivity index (χ0n) is 17.6. The van der Waals surface area contributed by atoms with Crippen LogP contribution in [-0.4, -0.2) is 45.8 Å². The highest BCUT2D eigenvalue weighted by Crippen LogP contribution is 2.41. The van der Waals surface area contributed by atoms with Crippen LogP contribution in [0.3, 0.4) is 0 Å². The SMILES string of the molecule is CC1C2N=C(C(Cl)(Cl)Cl)OCC2C(O)C(OCc2ccccc2)C1OCc1ccccc1. The Morgan fingerprint density at radius 1 is 0.938 bits per heavy atom. The van der Waals surface area contributed by atoms with E-state index in [2.05, 4.69) is 4.99 Å². The van der Waals surface area contributed by atoms with Crippen molar-refractivity contribution in [2.24, 2.45) is 16.8 Å². The van der Waals surface area contributed by atoms with Crippen LogP contribution in [0.1, 0.15) is 18.1 Å². The molecule has 0 saturated heterocycles. The summed E-state index contributed by atoms with van der Waals surface area (Å²) < 4.78 is 16.4. The molecule has 1 N–H and O–H groups in total. The molecule has 6 unspecified atom stereocenters. The largest absolute Gasteiger partial charge is 0.477 e. The van der Waals surface area contributed by atoms with E-state index in [0.717, 1.165) is 11.1 Å². The van der Waals surface area contributed by atoms with Gasteiger partial charge in [-0.1, -0.05) is 102 Å². The van der Waals surface area contributed by atoms with Gasteiger partial charge in [-0.15, -0.1) is 0 Å². The molecule has 2 aromatic rings. The van der Waals surface area contributed by atoms with E-state index in [1.807, 2.05) is 67.6 Å². The molecule has 4 rings (SSSR count). The molecule has 0 radical (unpaired) electrons.